The monoisotopic (exact) mass is 251 g/mol. The number of benzene rings is 1. The van der Waals surface area contributed by atoms with Gasteiger partial charge in [-0.25, -0.2) is 0 Å². The van der Waals surface area contributed by atoms with Crippen LogP contribution in [0.15, 0.2) is 29.4 Å². The maximum absolute atomic E-state index is 8.37. The molecule has 1 aromatic rings. The zero-order chi connectivity index (χ0) is 13.2. The molecule has 0 aliphatic heterocycles. The average Bonchev–Trinajstić information content (AvgIpc) is 2.42. The maximum Gasteiger partial charge on any atom is 0.139 e. The first-order valence-electron chi connectivity index (χ1n) is 6.06. The van der Waals surface area contributed by atoms with Gasteiger partial charge in [0.1, 0.15) is 11.6 Å². The number of hydrogen-bond acceptors (Lipinski definition) is 4. The number of nitrogens with two attached hydrogens (primary N) is 1. The van der Waals surface area contributed by atoms with E-state index in [0.29, 0.717) is 12.3 Å². The van der Waals surface area contributed by atoms with E-state index in [4.69, 9.17) is 15.7 Å². The fraction of sp³-hybridized carbons (Fsp3) is 0.462. The molecule has 1 rings (SSSR count). The molecule has 0 bridgehead atoms. The molecule has 0 saturated carbocycles. The second-order valence-corrected chi connectivity index (χ2v) is 4.08. The van der Waals surface area contributed by atoms with Crippen molar-refractivity contribution in [3.8, 4) is 5.75 Å². The Morgan fingerprint density at radius 2 is 2.28 bits per heavy atom. The SMILES string of the molecule is COc1cccc(CNCCCC/C(N)=N/O)c1. The summed E-state index contributed by atoms with van der Waals surface area (Å²) in [7, 11) is 1.67. The summed E-state index contributed by atoms with van der Waals surface area (Å²) in [6.07, 6.45) is 2.55. The third-order valence-corrected chi connectivity index (χ3v) is 2.63. The van der Waals surface area contributed by atoms with Crippen molar-refractivity contribution in [1.29, 1.82) is 0 Å². The third-order valence-electron chi connectivity index (χ3n) is 2.63. The molecule has 0 aliphatic carbocycles. The maximum atomic E-state index is 8.37. The molecule has 0 fully saturated rings. The summed E-state index contributed by atoms with van der Waals surface area (Å²) in [5, 5.41) is 14.7. The minimum atomic E-state index is 0.294. The van der Waals surface area contributed by atoms with Gasteiger partial charge in [0.2, 0.25) is 0 Å². The van der Waals surface area contributed by atoms with Gasteiger partial charge in [-0.15, -0.1) is 0 Å². The standard InChI is InChI=1S/C13H21N3O2/c1-18-12-6-4-5-11(9-12)10-15-8-3-2-7-13(14)16-17/h4-6,9,15,17H,2-3,7-8,10H2,1H3,(H2,14,16). The van der Waals surface area contributed by atoms with Crippen LogP contribution in [0.1, 0.15) is 24.8 Å². The number of unbranched alkanes of at least 4 members (excludes halogenated alkanes) is 1. The number of hydrogen-bond donors (Lipinski definition) is 3. The van der Waals surface area contributed by atoms with Crippen LogP contribution in [-0.2, 0) is 6.54 Å². The van der Waals surface area contributed by atoms with Gasteiger partial charge in [-0.1, -0.05) is 17.3 Å². The lowest BCUT2D eigenvalue weighted by Gasteiger charge is -2.06. The molecule has 0 heterocycles. The van der Waals surface area contributed by atoms with Crippen molar-refractivity contribution in [2.45, 2.75) is 25.8 Å². The van der Waals surface area contributed by atoms with Crippen LogP contribution in [0.4, 0.5) is 0 Å². The topological polar surface area (TPSA) is 79.9 Å². The van der Waals surface area contributed by atoms with Crippen LogP contribution in [0.2, 0.25) is 0 Å². The molecule has 0 aliphatic rings. The first kappa shape index (κ1) is 14.3. The Hall–Kier alpha value is -1.75. The zero-order valence-corrected chi connectivity index (χ0v) is 10.7. The lowest BCUT2D eigenvalue weighted by Crippen LogP contribution is -2.16. The van der Waals surface area contributed by atoms with Gasteiger partial charge < -0.3 is 21.0 Å². The Bertz CT molecular complexity index is 380. The number of nitrogens with one attached hydrogen (secondary N) is 1. The summed E-state index contributed by atoms with van der Waals surface area (Å²) < 4.78 is 5.16. The van der Waals surface area contributed by atoms with Crippen molar-refractivity contribution in [2.75, 3.05) is 13.7 Å². The Labute approximate surface area is 108 Å². The van der Waals surface area contributed by atoms with Crippen molar-refractivity contribution < 1.29 is 9.94 Å². The summed E-state index contributed by atoms with van der Waals surface area (Å²) in [5.41, 5.74) is 6.58. The molecule has 0 atom stereocenters. The van der Waals surface area contributed by atoms with E-state index in [1.807, 2.05) is 18.2 Å². The predicted molar refractivity (Wildman–Crippen MR) is 72.0 cm³/mol. The van der Waals surface area contributed by atoms with E-state index in [-0.39, 0.29) is 0 Å². The molecule has 0 saturated heterocycles. The summed E-state index contributed by atoms with van der Waals surface area (Å²) >= 11 is 0. The first-order chi connectivity index (χ1) is 8.76. The van der Waals surface area contributed by atoms with E-state index in [2.05, 4.69) is 16.5 Å². The number of amidine groups is 1. The Morgan fingerprint density at radius 1 is 1.44 bits per heavy atom. The molecule has 100 valence electrons. The Morgan fingerprint density at radius 3 is 3.00 bits per heavy atom. The van der Waals surface area contributed by atoms with Crippen molar-refractivity contribution in [3.63, 3.8) is 0 Å². The highest BCUT2D eigenvalue weighted by atomic mass is 16.5. The smallest absolute Gasteiger partial charge is 0.139 e. The fourth-order valence-corrected chi connectivity index (χ4v) is 1.62. The molecule has 5 heteroatoms. The second kappa shape index (κ2) is 8.36. The third kappa shape index (κ3) is 5.54. The van der Waals surface area contributed by atoms with E-state index < -0.39 is 0 Å². The minimum Gasteiger partial charge on any atom is -0.497 e. The number of ether oxygens (including phenoxy) is 1. The number of nitrogens with zero attached hydrogens (tertiary/aromatic N) is 1. The number of rotatable bonds is 8. The number of methoxy groups -OCH3 is 1. The summed E-state index contributed by atoms with van der Waals surface area (Å²) in [5.74, 6) is 1.17. The lowest BCUT2D eigenvalue weighted by atomic mass is 10.2. The zero-order valence-electron chi connectivity index (χ0n) is 10.7. The van der Waals surface area contributed by atoms with Gasteiger partial charge >= 0.3 is 0 Å². The minimum absolute atomic E-state index is 0.294. The van der Waals surface area contributed by atoms with Crippen LogP contribution in [0.3, 0.4) is 0 Å². The molecular weight excluding hydrogens is 230 g/mol. The van der Waals surface area contributed by atoms with Crippen molar-refractivity contribution in [1.82, 2.24) is 5.32 Å². The summed E-state index contributed by atoms with van der Waals surface area (Å²) in [6.45, 7) is 1.73. The number of oxime groups is 1. The van der Waals surface area contributed by atoms with E-state index in [9.17, 15) is 0 Å². The van der Waals surface area contributed by atoms with Crippen molar-refractivity contribution in [3.05, 3.63) is 29.8 Å². The van der Waals surface area contributed by atoms with Crippen molar-refractivity contribution in [2.24, 2.45) is 10.9 Å². The highest BCUT2D eigenvalue weighted by Gasteiger charge is 1.96. The summed E-state index contributed by atoms with van der Waals surface area (Å²) in [6, 6.07) is 7.99. The molecule has 5 nitrogen and oxygen atoms in total. The normalized spacial score (nSPS) is 11.5. The quantitative estimate of drug-likeness (QED) is 0.216. The molecule has 18 heavy (non-hydrogen) atoms. The second-order valence-electron chi connectivity index (χ2n) is 4.08. The predicted octanol–water partition coefficient (Wildman–Crippen LogP) is 1.70. The van der Waals surface area contributed by atoms with E-state index in [0.717, 1.165) is 31.7 Å². The van der Waals surface area contributed by atoms with Gasteiger partial charge in [0, 0.05) is 13.0 Å². The van der Waals surface area contributed by atoms with Gasteiger partial charge in [0.15, 0.2) is 0 Å². The largest absolute Gasteiger partial charge is 0.497 e. The van der Waals surface area contributed by atoms with Gasteiger partial charge in [0.05, 0.1) is 7.11 Å². The molecule has 4 N–H and O–H groups in total. The van der Waals surface area contributed by atoms with Gasteiger partial charge in [-0.3, -0.25) is 0 Å². The Balaban J connectivity index is 2.14. The van der Waals surface area contributed by atoms with Crippen molar-refractivity contribution >= 4 is 5.84 Å². The molecule has 0 spiro atoms. The van der Waals surface area contributed by atoms with Crippen LogP contribution in [0.5, 0.6) is 5.75 Å². The van der Waals surface area contributed by atoms with Gasteiger partial charge in [-0.05, 0) is 37.1 Å². The molecule has 0 amide bonds. The first-order valence-corrected chi connectivity index (χ1v) is 6.06. The van der Waals surface area contributed by atoms with Crippen LogP contribution < -0.4 is 15.8 Å². The van der Waals surface area contributed by atoms with Crippen LogP contribution in [0.25, 0.3) is 0 Å². The highest BCUT2D eigenvalue weighted by Crippen LogP contribution is 2.12. The average molecular weight is 251 g/mol. The van der Waals surface area contributed by atoms with E-state index >= 15 is 0 Å². The highest BCUT2D eigenvalue weighted by molar-refractivity contribution is 5.79. The molecule has 0 unspecified atom stereocenters. The van der Waals surface area contributed by atoms with Gasteiger partial charge in [-0.2, -0.15) is 0 Å². The lowest BCUT2D eigenvalue weighted by molar-refractivity contribution is 0.316. The van der Waals surface area contributed by atoms with Crippen LogP contribution in [-0.4, -0.2) is 24.7 Å². The molecule has 0 radical (unpaired) electrons. The Kier molecular flexibility index (Phi) is 6.64. The fourth-order valence-electron chi connectivity index (χ4n) is 1.62. The molecule has 1 aromatic carbocycles. The van der Waals surface area contributed by atoms with Crippen LogP contribution in [0, 0.1) is 0 Å². The molecular formula is C13H21N3O2. The van der Waals surface area contributed by atoms with E-state index in [1.54, 1.807) is 7.11 Å². The van der Waals surface area contributed by atoms with E-state index in [1.165, 1.54) is 5.56 Å². The molecule has 0 aromatic heterocycles. The van der Waals surface area contributed by atoms with Gasteiger partial charge in [0.25, 0.3) is 0 Å². The summed E-state index contributed by atoms with van der Waals surface area (Å²) in [4.78, 5) is 0. The van der Waals surface area contributed by atoms with Crippen LogP contribution >= 0.6 is 0 Å².